The third-order valence-corrected chi connectivity index (χ3v) is 2.46. The molecule has 0 amide bonds. The minimum absolute atomic E-state index is 0.00245. The first kappa shape index (κ1) is 12.4. The first-order valence-corrected chi connectivity index (χ1v) is 5.54. The van der Waals surface area contributed by atoms with E-state index in [1.165, 1.54) is 18.2 Å². The zero-order valence-corrected chi connectivity index (χ0v) is 10.2. The van der Waals surface area contributed by atoms with Crippen LogP contribution in [0.25, 0.3) is 17.0 Å². The highest BCUT2D eigenvalue weighted by atomic mass is 16.4. The van der Waals surface area contributed by atoms with Gasteiger partial charge in [0, 0.05) is 11.5 Å². The zero-order valence-electron chi connectivity index (χ0n) is 10.2. The molecule has 4 heteroatoms. The highest BCUT2D eigenvalue weighted by Crippen LogP contribution is 2.28. The smallest absolute Gasteiger partial charge is 0.336 e. The molecule has 0 aliphatic heterocycles. The van der Waals surface area contributed by atoms with Crippen LogP contribution in [0.5, 0.6) is 5.75 Å². The van der Waals surface area contributed by atoms with Gasteiger partial charge in [-0.2, -0.15) is 0 Å². The lowest BCUT2D eigenvalue weighted by molar-refractivity contribution is 0.134. The second kappa shape index (κ2) is 4.31. The lowest BCUT2D eigenvalue weighted by Crippen LogP contribution is -2.13. The first-order chi connectivity index (χ1) is 8.37. The number of rotatable bonds is 2. The van der Waals surface area contributed by atoms with E-state index in [0.717, 1.165) is 0 Å². The van der Waals surface area contributed by atoms with Gasteiger partial charge in [0.25, 0.3) is 0 Å². The predicted molar refractivity (Wildman–Crippen MR) is 69.5 cm³/mol. The Morgan fingerprint density at radius 3 is 2.56 bits per heavy atom. The molecule has 0 fully saturated rings. The number of aliphatic hydroxyl groups is 1. The quantitative estimate of drug-likeness (QED) is 0.797. The average molecular weight is 246 g/mol. The van der Waals surface area contributed by atoms with E-state index in [0.29, 0.717) is 16.5 Å². The molecule has 2 N–H and O–H groups in total. The van der Waals surface area contributed by atoms with Crippen molar-refractivity contribution in [3.8, 4) is 5.75 Å². The van der Waals surface area contributed by atoms with Crippen LogP contribution in [0.1, 0.15) is 19.4 Å². The Bertz CT molecular complexity index is 660. The molecule has 1 aromatic carbocycles. The molecule has 0 atom stereocenters. The molecule has 4 nitrogen and oxygen atoms in total. The molecule has 0 aliphatic carbocycles. The molecule has 1 heterocycles. The van der Waals surface area contributed by atoms with Crippen molar-refractivity contribution < 1.29 is 14.6 Å². The topological polar surface area (TPSA) is 70.7 Å². The summed E-state index contributed by atoms with van der Waals surface area (Å²) >= 11 is 0. The molecule has 94 valence electrons. The lowest BCUT2D eigenvalue weighted by atomic mass is 10.0. The molecule has 2 aromatic rings. The maximum Gasteiger partial charge on any atom is 0.336 e. The van der Waals surface area contributed by atoms with Gasteiger partial charge >= 0.3 is 5.63 Å². The summed E-state index contributed by atoms with van der Waals surface area (Å²) in [6.07, 6.45) is 3.06. The van der Waals surface area contributed by atoms with E-state index in [4.69, 9.17) is 4.42 Å². The summed E-state index contributed by atoms with van der Waals surface area (Å²) in [6, 6.07) is 6.13. The number of phenolic OH excluding ortho intramolecular Hbond substituents is 1. The fourth-order valence-corrected chi connectivity index (χ4v) is 1.59. The van der Waals surface area contributed by atoms with Gasteiger partial charge in [0.1, 0.15) is 11.3 Å². The Balaban J connectivity index is 2.68. The fourth-order valence-electron chi connectivity index (χ4n) is 1.59. The number of hydrogen-bond donors (Lipinski definition) is 2. The summed E-state index contributed by atoms with van der Waals surface area (Å²) in [5.74, 6) is -0.00245. The molecule has 0 spiro atoms. The summed E-state index contributed by atoms with van der Waals surface area (Å²) in [7, 11) is 0. The van der Waals surface area contributed by atoms with Gasteiger partial charge in [-0.05, 0) is 38.1 Å². The molecular weight excluding hydrogens is 232 g/mol. The first-order valence-electron chi connectivity index (χ1n) is 5.54. The average Bonchev–Trinajstić information content (AvgIpc) is 2.26. The fraction of sp³-hybridized carbons (Fsp3) is 0.214. The molecular formula is C14H14O4. The lowest BCUT2D eigenvalue weighted by Gasteiger charge is -2.11. The molecule has 0 saturated carbocycles. The van der Waals surface area contributed by atoms with Crippen LogP contribution in [-0.2, 0) is 0 Å². The van der Waals surface area contributed by atoms with E-state index >= 15 is 0 Å². The minimum Gasteiger partial charge on any atom is -0.507 e. The Labute approximate surface area is 104 Å². The van der Waals surface area contributed by atoms with Gasteiger partial charge < -0.3 is 14.6 Å². The molecule has 0 unspecified atom stereocenters. The second-order valence-corrected chi connectivity index (χ2v) is 4.66. The van der Waals surface area contributed by atoms with Crippen molar-refractivity contribution in [2.75, 3.05) is 0 Å². The SMILES string of the molecule is CC(C)(O)/C=C/c1c(O)ccc2ccc(=O)oc12. The van der Waals surface area contributed by atoms with Crippen LogP contribution in [0.2, 0.25) is 0 Å². The van der Waals surface area contributed by atoms with Crippen LogP contribution < -0.4 is 5.63 Å². The highest BCUT2D eigenvalue weighted by molar-refractivity contribution is 5.88. The summed E-state index contributed by atoms with van der Waals surface area (Å²) in [5, 5.41) is 20.1. The molecule has 0 bridgehead atoms. The van der Waals surface area contributed by atoms with Crippen LogP contribution >= 0.6 is 0 Å². The van der Waals surface area contributed by atoms with Crippen LogP contribution in [0.15, 0.2) is 39.6 Å². The second-order valence-electron chi connectivity index (χ2n) is 4.66. The number of benzene rings is 1. The van der Waals surface area contributed by atoms with Crippen molar-refractivity contribution in [1.82, 2.24) is 0 Å². The van der Waals surface area contributed by atoms with Crippen molar-refractivity contribution in [2.45, 2.75) is 19.4 Å². The van der Waals surface area contributed by atoms with Gasteiger partial charge in [0.2, 0.25) is 0 Å². The zero-order chi connectivity index (χ0) is 13.3. The van der Waals surface area contributed by atoms with E-state index < -0.39 is 11.2 Å². The Hall–Kier alpha value is -2.07. The van der Waals surface area contributed by atoms with Gasteiger partial charge in [-0.1, -0.05) is 6.08 Å². The number of hydrogen-bond acceptors (Lipinski definition) is 4. The number of aromatic hydroxyl groups is 1. The van der Waals surface area contributed by atoms with Gasteiger partial charge in [0.05, 0.1) is 11.2 Å². The highest BCUT2D eigenvalue weighted by Gasteiger charge is 2.10. The summed E-state index contributed by atoms with van der Waals surface area (Å²) in [5.41, 5.74) is -0.801. The van der Waals surface area contributed by atoms with Gasteiger partial charge in [-0.3, -0.25) is 0 Å². The van der Waals surface area contributed by atoms with Crippen LogP contribution in [-0.4, -0.2) is 15.8 Å². The molecule has 0 radical (unpaired) electrons. The largest absolute Gasteiger partial charge is 0.507 e. The van der Waals surface area contributed by atoms with Crippen molar-refractivity contribution in [2.24, 2.45) is 0 Å². The minimum atomic E-state index is -1.01. The number of phenols is 1. The number of fused-ring (bicyclic) bond motifs is 1. The Morgan fingerprint density at radius 1 is 1.22 bits per heavy atom. The van der Waals surface area contributed by atoms with E-state index in [2.05, 4.69) is 0 Å². The third-order valence-electron chi connectivity index (χ3n) is 2.46. The summed E-state index contributed by atoms with van der Waals surface area (Å²) in [6.45, 7) is 3.23. The maximum atomic E-state index is 11.2. The predicted octanol–water partition coefficient (Wildman–Crippen LogP) is 2.28. The Kier molecular flexibility index (Phi) is 2.97. The third kappa shape index (κ3) is 2.60. The van der Waals surface area contributed by atoms with E-state index in [-0.39, 0.29) is 5.75 Å². The normalized spacial score (nSPS) is 12.4. The van der Waals surface area contributed by atoms with Crippen molar-refractivity contribution in [3.05, 3.63) is 46.3 Å². The van der Waals surface area contributed by atoms with Gasteiger partial charge in [0.15, 0.2) is 0 Å². The monoisotopic (exact) mass is 246 g/mol. The molecule has 2 rings (SSSR count). The van der Waals surface area contributed by atoms with Crippen molar-refractivity contribution in [3.63, 3.8) is 0 Å². The summed E-state index contributed by atoms with van der Waals surface area (Å²) in [4.78, 5) is 11.2. The van der Waals surface area contributed by atoms with E-state index in [1.54, 1.807) is 32.1 Å². The van der Waals surface area contributed by atoms with E-state index in [9.17, 15) is 15.0 Å². The van der Waals surface area contributed by atoms with Crippen LogP contribution in [0, 0.1) is 0 Å². The van der Waals surface area contributed by atoms with Crippen LogP contribution in [0.3, 0.4) is 0 Å². The van der Waals surface area contributed by atoms with Gasteiger partial charge in [-0.15, -0.1) is 0 Å². The molecule has 0 aliphatic rings. The van der Waals surface area contributed by atoms with Crippen LogP contribution in [0.4, 0.5) is 0 Å². The molecule has 1 aromatic heterocycles. The van der Waals surface area contributed by atoms with Gasteiger partial charge in [-0.25, -0.2) is 4.79 Å². The molecule has 0 saturated heterocycles. The summed E-state index contributed by atoms with van der Waals surface area (Å²) < 4.78 is 5.09. The maximum absolute atomic E-state index is 11.2. The molecule has 18 heavy (non-hydrogen) atoms. The standard InChI is InChI=1S/C14H14O4/c1-14(2,17)8-7-10-11(15)5-3-9-4-6-12(16)18-13(9)10/h3-8,15,17H,1-2H3/b8-7+. The van der Waals surface area contributed by atoms with E-state index in [1.807, 2.05) is 0 Å². The Morgan fingerprint density at radius 2 is 1.89 bits per heavy atom. The van der Waals surface area contributed by atoms with Crippen molar-refractivity contribution >= 4 is 17.0 Å². The van der Waals surface area contributed by atoms with Crippen molar-refractivity contribution in [1.29, 1.82) is 0 Å².